The van der Waals surface area contributed by atoms with Gasteiger partial charge in [0.05, 0.1) is 25.7 Å². The fourth-order valence-corrected chi connectivity index (χ4v) is 7.28. The van der Waals surface area contributed by atoms with Crippen LogP contribution in [0.3, 0.4) is 0 Å². The molecule has 0 aliphatic carbocycles. The number of hydrogen-bond donors (Lipinski definition) is 8. The van der Waals surface area contributed by atoms with E-state index in [4.69, 9.17) is 20.4 Å². The van der Waals surface area contributed by atoms with E-state index in [2.05, 4.69) is 118 Å². The normalized spacial score (nSPS) is 10.4. The average molecular weight is 953 g/mol. The number of nitrogens with one attached hydrogen (secondary N) is 4. The number of aliphatic carboxylic acids is 4. The molecule has 6 aromatic carbocycles. The van der Waals surface area contributed by atoms with Gasteiger partial charge in [-0.3, -0.25) is 19.2 Å². The van der Waals surface area contributed by atoms with Crippen molar-refractivity contribution in [1.29, 1.82) is 0 Å². The van der Waals surface area contributed by atoms with Crippen LogP contribution >= 0.6 is 0 Å². The molecule has 0 unspecified atom stereocenters. The van der Waals surface area contributed by atoms with Crippen LogP contribution in [0.4, 0.5) is 0 Å². The Morgan fingerprint density at radius 1 is 0.329 bits per heavy atom. The summed E-state index contributed by atoms with van der Waals surface area (Å²) in [4.78, 5) is 41.4. The molecule has 6 rings (SSSR count). The Hall–Kier alpha value is -6.96. The van der Waals surface area contributed by atoms with Crippen molar-refractivity contribution < 1.29 is 39.6 Å². The number of aryl methyl sites for hydroxylation is 1. The first kappa shape index (κ1) is 57.4. The zero-order chi connectivity index (χ0) is 50.3. The summed E-state index contributed by atoms with van der Waals surface area (Å²) in [6.07, 6.45) is 4.69. The molecule has 6 aromatic rings. The maximum absolute atomic E-state index is 10.5. The molecule has 0 atom stereocenters. The largest absolute Gasteiger partial charge is 0.481 e. The summed E-state index contributed by atoms with van der Waals surface area (Å²) in [6.45, 7) is 5.37. The molecule has 12 nitrogen and oxygen atoms in total. The second kappa shape index (κ2) is 37.0. The molecular formula is C58H72N4O8. The van der Waals surface area contributed by atoms with Gasteiger partial charge in [-0.05, 0) is 78.7 Å². The molecule has 0 radical (unpaired) electrons. The monoisotopic (exact) mass is 953 g/mol. The summed E-state index contributed by atoms with van der Waals surface area (Å²) in [6, 6.07) is 61.9. The zero-order valence-corrected chi connectivity index (χ0v) is 40.2. The average Bonchev–Trinajstić information content (AvgIpc) is 3.38. The highest BCUT2D eigenvalue weighted by atomic mass is 16.4. The highest BCUT2D eigenvalue weighted by Gasteiger charge is 2.14. The van der Waals surface area contributed by atoms with E-state index in [9.17, 15) is 19.2 Å². The van der Waals surface area contributed by atoms with Crippen LogP contribution in [0.25, 0.3) is 0 Å². The topological polar surface area (TPSA) is 197 Å². The molecule has 70 heavy (non-hydrogen) atoms. The molecule has 12 heteroatoms. The summed E-state index contributed by atoms with van der Waals surface area (Å²) in [5.74, 6) is -2.45. The molecule has 0 aromatic heterocycles. The Kier molecular flexibility index (Phi) is 30.3. The summed E-state index contributed by atoms with van der Waals surface area (Å²) >= 11 is 0. The van der Waals surface area contributed by atoms with E-state index >= 15 is 0 Å². The molecule has 0 aliphatic heterocycles. The highest BCUT2D eigenvalue weighted by molar-refractivity contribution is 5.67. The summed E-state index contributed by atoms with van der Waals surface area (Å²) in [7, 11) is 0. The molecule has 0 amide bonds. The maximum Gasteiger partial charge on any atom is 0.304 e. The van der Waals surface area contributed by atoms with Crippen LogP contribution in [0, 0.1) is 0 Å². The van der Waals surface area contributed by atoms with E-state index in [1.54, 1.807) is 0 Å². The molecule has 0 aliphatic rings. The second-order valence-corrected chi connectivity index (χ2v) is 16.4. The molecule has 0 bridgehead atoms. The SMILES string of the molecule is O=C(O)CCNCC(c1ccccc1)c1ccccc1.O=C(O)CCNCCC(c1ccccc1)c1ccccc1.O=C(O)CCNCCCc1ccccc1.O=C(O)CCNCCc1ccccc1. The summed E-state index contributed by atoms with van der Waals surface area (Å²) < 4.78 is 0. The third kappa shape index (κ3) is 27.8. The summed E-state index contributed by atoms with van der Waals surface area (Å²) in [5.41, 5.74) is 7.67. The molecule has 0 spiro atoms. The first-order valence-corrected chi connectivity index (χ1v) is 24.1. The van der Waals surface area contributed by atoms with Gasteiger partial charge in [0.25, 0.3) is 0 Å². The Bertz CT molecular complexity index is 2180. The molecule has 0 saturated carbocycles. The van der Waals surface area contributed by atoms with Crippen LogP contribution in [0.2, 0.25) is 0 Å². The van der Waals surface area contributed by atoms with Gasteiger partial charge in [-0.1, -0.05) is 182 Å². The van der Waals surface area contributed by atoms with Crippen LogP contribution in [-0.4, -0.2) is 96.7 Å². The lowest BCUT2D eigenvalue weighted by molar-refractivity contribution is -0.137. The van der Waals surface area contributed by atoms with Crippen molar-refractivity contribution in [1.82, 2.24) is 21.3 Å². The number of carboxylic acid groups (broad SMARTS) is 4. The third-order valence-corrected chi connectivity index (χ3v) is 10.9. The maximum atomic E-state index is 10.5. The van der Waals surface area contributed by atoms with Crippen molar-refractivity contribution >= 4 is 23.9 Å². The van der Waals surface area contributed by atoms with Gasteiger partial charge in [0.2, 0.25) is 0 Å². The molecule has 0 fully saturated rings. The number of benzene rings is 6. The lowest BCUT2D eigenvalue weighted by atomic mass is 9.88. The second-order valence-electron chi connectivity index (χ2n) is 16.4. The van der Waals surface area contributed by atoms with Crippen molar-refractivity contribution in [2.75, 3.05) is 52.4 Å². The predicted octanol–water partition coefficient (Wildman–Crippen LogP) is 9.13. The quantitative estimate of drug-likeness (QED) is 0.0218. The molecule has 8 N–H and O–H groups in total. The van der Waals surface area contributed by atoms with Crippen molar-refractivity contribution in [2.45, 2.75) is 63.2 Å². The minimum Gasteiger partial charge on any atom is -0.481 e. The Morgan fingerprint density at radius 2 is 0.629 bits per heavy atom. The van der Waals surface area contributed by atoms with Gasteiger partial charge in [-0.15, -0.1) is 0 Å². The highest BCUT2D eigenvalue weighted by Crippen LogP contribution is 2.27. The van der Waals surface area contributed by atoms with E-state index in [1.165, 1.54) is 33.4 Å². The molecular weight excluding hydrogens is 881 g/mol. The zero-order valence-electron chi connectivity index (χ0n) is 40.2. The van der Waals surface area contributed by atoms with Crippen molar-refractivity contribution in [2.24, 2.45) is 0 Å². The van der Waals surface area contributed by atoms with Crippen LogP contribution in [0.1, 0.15) is 83.7 Å². The first-order valence-electron chi connectivity index (χ1n) is 24.1. The Morgan fingerprint density at radius 3 is 1.00 bits per heavy atom. The van der Waals surface area contributed by atoms with E-state index in [-0.39, 0.29) is 31.6 Å². The van der Waals surface area contributed by atoms with Crippen molar-refractivity contribution in [3.05, 3.63) is 215 Å². The van der Waals surface area contributed by atoms with Crippen molar-refractivity contribution in [3.8, 4) is 0 Å². The lowest BCUT2D eigenvalue weighted by Gasteiger charge is -2.18. The van der Waals surface area contributed by atoms with Gasteiger partial charge in [-0.25, -0.2) is 0 Å². The van der Waals surface area contributed by atoms with Crippen LogP contribution in [-0.2, 0) is 32.0 Å². The minimum absolute atomic E-state index is 0.149. The predicted molar refractivity (Wildman–Crippen MR) is 279 cm³/mol. The Balaban J connectivity index is 0.000000251. The molecule has 0 heterocycles. The van der Waals surface area contributed by atoms with Gasteiger partial charge < -0.3 is 41.7 Å². The standard InChI is InChI=1S/C18H21NO2.C17H19NO2.C12H17NO2.C11H15NO2/c20-18(21)12-14-19-13-11-17(15-7-3-1-4-8-15)16-9-5-2-6-10-16;19-17(20)11-12-18-13-16(14-7-3-1-4-8-14)15-9-5-2-6-10-15;14-12(15)8-10-13-9-4-7-11-5-2-1-3-6-11;13-11(14)7-9-12-8-6-10-4-2-1-3-5-10/h1-10,17,19H,11-14H2,(H,20,21);1-10,16,18H,11-13H2,(H,19,20);1-3,5-6,13H,4,7-10H2,(H,14,15);1-5,12H,6-9H2,(H,13,14). The lowest BCUT2D eigenvalue weighted by Crippen LogP contribution is -2.24. The van der Waals surface area contributed by atoms with Crippen LogP contribution in [0.15, 0.2) is 182 Å². The molecule has 372 valence electrons. The third-order valence-electron chi connectivity index (χ3n) is 10.9. The smallest absolute Gasteiger partial charge is 0.304 e. The fraction of sp³-hybridized carbons (Fsp3) is 0.310. The summed E-state index contributed by atoms with van der Waals surface area (Å²) in [5, 5.41) is 46.7. The van der Waals surface area contributed by atoms with E-state index in [0.29, 0.717) is 32.1 Å². The van der Waals surface area contributed by atoms with Gasteiger partial charge in [-0.2, -0.15) is 0 Å². The number of rotatable bonds is 28. The van der Waals surface area contributed by atoms with E-state index in [1.807, 2.05) is 84.9 Å². The number of carboxylic acids is 4. The van der Waals surface area contributed by atoms with Crippen molar-refractivity contribution in [3.63, 3.8) is 0 Å². The van der Waals surface area contributed by atoms with Gasteiger partial charge in [0, 0.05) is 44.6 Å². The van der Waals surface area contributed by atoms with Gasteiger partial charge >= 0.3 is 23.9 Å². The van der Waals surface area contributed by atoms with Gasteiger partial charge in [0.1, 0.15) is 0 Å². The van der Waals surface area contributed by atoms with Crippen LogP contribution < -0.4 is 21.3 Å². The molecule has 0 saturated heterocycles. The van der Waals surface area contributed by atoms with Gasteiger partial charge in [0.15, 0.2) is 0 Å². The Labute approximate surface area is 414 Å². The van der Waals surface area contributed by atoms with Crippen LogP contribution in [0.5, 0.6) is 0 Å². The van der Waals surface area contributed by atoms with E-state index < -0.39 is 23.9 Å². The first-order chi connectivity index (χ1) is 34.1. The van der Waals surface area contributed by atoms with E-state index in [0.717, 1.165) is 51.9 Å². The number of carbonyl (C=O) groups is 4. The minimum atomic E-state index is -0.770. The number of hydrogen-bond acceptors (Lipinski definition) is 8. The fourth-order valence-electron chi connectivity index (χ4n) is 7.28.